The molecule has 92 valence electrons. The highest BCUT2D eigenvalue weighted by Crippen LogP contribution is 2.26. The summed E-state index contributed by atoms with van der Waals surface area (Å²) in [6, 6.07) is 5.66. The van der Waals surface area contributed by atoms with Crippen LogP contribution in [-0.2, 0) is 0 Å². The molecule has 0 aliphatic rings. The Hall–Kier alpha value is -2.15. The summed E-state index contributed by atoms with van der Waals surface area (Å²) in [7, 11) is 0. The first-order valence-electron chi connectivity index (χ1n) is 4.81. The van der Waals surface area contributed by atoms with E-state index in [9.17, 15) is 9.59 Å². The number of nitrogens with zero attached hydrogens (tertiary/aromatic N) is 1. The zero-order valence-electron chi connectivity index (χ0n) is 8.88. The van der Waals surface area contributed by atoms with E-state index in [-0.39, 0.29) is 22.8 Å². The molecule has 0 bridgehead atoms. The van der Waals surface area contributed by atoms with Crippen LogP contribution in [0.2, 0.25) is 0 Å². The van der Waals surface area contributed by atoms with E-state index in [1.807, 2.05) is 0 Å². The zero-order valence-corrected chi connectivity index (χ0v) is 10.5. The summed E-state index contributed by atoms with van der Waals surface area (Å²) in [6.07, 6.45) is 1.18. The zero-order chi connectivity index (χ0) is 13.1. The van der Waals surface area contributed by atoms with Crippen molar-refractivity contribution >= 4 is 21.9 Å². The average molecular weight is 311 g/mol. The van der Waals surface area contributed by atoms with Crippen molar-refractivity contribution < 1.29 is 14.6 Å². The van der Waals surface area contributed by atoms with Gasteiger partial charge < -0.3 is 14.8 Å². The van der Waals surface area contributed by atoms with Gasteiger partial charge >= 0.3 is 5.97 Å². The fraction of sp³-hybridized carbons (Fsp3) is 0. The Morgan fingerprint density at radius 3 is 2.83 bits per heavy atom. The molecule has 2 aromatic rings. The number of benzene rings is 1. The quantitative estimate of drug-likeness (QED) is 0.904. The van der Waals surface area contributed by atoms with Gasteiger partial charge in [0.15, 0.2) is 0 Å². The third kappa shape index (κ3) is 2.75. The number of H-pyrrole nitrogens is 1. The first kappa shape index (κ1) is 12.3. The van der Waals surface area contributed by atoms with Gasteiger partial charge in [0.1, 0.15) is 11.3 Å². The minimum Gasteiger partial charge on any atom is -0.478 e. The molecule has 7 heteroatoms. The normalized spacial score (nSPS) is 10.1. The van der Waals surface area contributed by atoms with E-state index in [1.165, 1.54) is 18.5 Å². The maximum absolute atomic E-state index is 11.1. The van der Waals surface area contributed by atoms with Crippen molar-refractivity contribution in [2.24, 2.45) is 0 Å². The largest absolute Gasteiger partial charge is 0.478 e. The van der Waals surface area contributed by atoms with Gasteiger partial charge in [-0.25, -0.2) is 9.78 Å². The lowest BCUT2D eigenvalue weighted by molar-refractivity contribution is 0.0694. The second-order valence-electron chi connectivity index (χ2n) is 3.30. The summed E-state index contributed by atoms with van der Waals surface area (Å²) >= 11 is 3.17. The van der Waals surface area contributed by atoms with Crippen LogP contribution in [0.5, 0.6) is 11.6 Å². The van der Waals surface area contributed by atoms with Gasteiger partial charge in [0.05, 0.1) is 12.4 Å². The Morgan fingerprint density at radius 1 is 1.39 bits per heavy atom. The molecule has 18 heavy (non-hydrogen) atoms. The molecule has 1 heterocycles. The Bertz CT molecular complexity index is 653. The fourth-order valence-corrected chi connectivity index (χ4v) is 1.64. The molecule has 0 amide bonds. The Balaban J connectivity index is 2.40. The average Bonchev–Trinajstić information content (AvgIpc) is 2.31. The van der Waals surface area contributed by atoms with Crippen LogP contribution in [0, 0.1) is 0 Å². The van der Waals surface area contributed by atoms with Crippen molar-refractivity contribution in [1.82, 2.24) is 9.97 Å². The van der Waals surface area contributed by atoms with Gasteiger partial charge in [-0.2, -0.15) is 0 Å². The van der Waals surface area contributed by atoms with E-state index in [2.05, 4.69) is 25.9 Å². The minimum absolute atomic E-state index is 0.0218. The maximum Gasteiger partial charge on any atom is 0.339 e. The molecule has 0 unspecified atom stereocenters. The molecule has 2 rings (SSSR count). The van der Waals surface area contributed by atoms with Crippen LogP contribution in [-0.4, -0.2) is 21.0 Å². The van der Waals surface area contributed by atoms with E-state index < -0.39 is 5.97 Å². The van der Waals surface area contributed by atoms with E-state index in [0.29, 0.717) is 4.47 Å². The molecule has 0 spiro atoms. The Morgan fingerprint density at radius 2 is 2.17 bits per heavy atom. The van der Waals surface area contributed by atoms with Crippen molar-refractivity contribution in [1.29, 1.82) is 0 Å². The van der Waals surface area contributed by atoms with E-state index in [1.54, 1.807) is 6.07 Å². The number of carboxylic acids is 1. The van der Waals surface area contributed by atoms with Gasteiger partial charge in [0.25, 0.3) is 5.56 Å². The molecule has 0 atom stereocenters. The number of aromatic carboxylic acids is 1. The van der Waals surface area contributed by atoms with Crippen LogP contribution >= 0.6 is 15.9 Å². The predicted octanol–water partition coefficient (Wildman–Crippen LogP) is 2.02. The second-order valence-corrected chi connectivity index (χ2v) is 4.21. The highest BCUT2D eigenvalue weighted by atomic mass is 79.9. The number of carbonyl (C=O) groups is 1. The molecule has 2 N–H and O–H groups in total. The molecular weight excluding hydrogens is 304 g/mol. The summed E-state index contributed by atoms with van der Waals surface area (Å²) in [6.45, 7) is 0. The van der Waals surface area contributed by atoms with Gasteiger partial charge in [0, 0.05) is 4.47 Å². The lowest BCUT2D eigenvalue weighted by Crippen LogP contribution is -2.06. The second kappa shape index (κ2) is 5.01. The van der Waals surface area contributed by atoms with E-state index >= 15 is 0 Å². The number of halogens is 1. The predicted molar refractivity (Wildman–Crippen MR) is 66.0 cm³/mol. The highest BCUT2D eigenvalue weighted by molar-refractivity contribution is 9.10. The molecule has 1 aromatic carbocycles. The molecule has 0 fully saturated rings. The van der Waals surface area contributed by atoms with Gasteiger partial charge in [-0.1, -0.05) is 15.9 Å². The number of aromatic nitrogens is 2. The number of nitrogens with one attached hydrogen (secondary N) is 1. The molecule has 6 nitrogen and oxygen atoms in total. The third-order valence-electron chi connectivity index (χ3n) is 2.04. The van der Waals surface area contributed by atoms with Crippen LogP contribution < -0.4 is 10.3 Å². The Labute approximate surface area is 109 Å². The first-order valence-corrected chi connectivity index (χ1v) is 5.61. The first-order chi connectivity index (χ1) is 8.56. The van der Waals surface area contributed by atoms with Crippen molar-refractivity contribution in [2.45, 2.75) is 0 Å². The summed E-state index contributed by atoms with van der Waals surface area (Å²) < 4.78 is 5.89. The third-order valence-corrected chi connectivity index (χ3v) is 2.53. The number of hydrogen-bond acceptors (Lipinski definition) is 4. The highest BCUT2D eigenvalue weighted by Gasteiger charge is 2.13. The van der Waals surface area contributed by atoms with Crippen molar-refractivity contribution in [3.8, 4) is 11.6 Å². The smallest absolute Gasteiger partial charge is 0.339 e. The summed E-state index contributed by atoms with van der Waals surface area (Å²) in [5, 5.41) is 9.03. The SMILES string of the molecule is O=C(O)c1cc(Br)ccc1Oc1cc(=O)[nH]cn1. The standard InChI is InChI=1S/C11H7BrN2O4/c12-6-1-2-8(7(3-6)11(16)17)18-10-4-9(15)13-5-14-10/h1-5H,(H,16,17)(H,13,14,15). The van der Waals surface area contributed by atoms with Crippen LogP contribution in [0.3, 0.4) is 0 Å². The van der Waals surface area contributed by atoms with Gasteiger partial charge in [0.2, 0.25) is 5.88 Å². The number of rotatable bonds is 3. The van der Waals surface area contributed by atoms with Gasteiger partial charge in [-0.15, -0.1) is 0 Å². The lowest BCUT2D eigenvalue weighted by atomic mass is 10.2. The fourth-order valence-electron chi connectivity index (χ4n) is 1.28. The topological polar surface area (TPSA) is 92.3 Å². The summed E-state index contributed by atoms with van der Waals surface area (Å²) in [5.74, 6) is -0.983. The van der Waals surface area contributed by atoms with Crippen LogP contribution in [0.4, 0.5) is 0 Å². The molecule has 0 aliphatic heterocycles. The van der Waals surface area contributed by atoms with Gasteiger partial charge in [-0.05, 0) is 18.2 Å². The minimum atomic E-state index is -1.13. The monoisotopic (exact) mass is 310 g/mol. The van der Waals surface area contributed by atoms with Crippen LogP contribution in [0.15, 0.2) is 39.9 Å². The number of ether oxygens (including phenoxy) is 1. The van der Waals surface area contributed by atoms with Gasteiger partial charge in [-0.3, -0.25) is 4.79 Å². The molecule has 0 saturated carbocycles. The van der Waals surface area contributed by atoms with E-state index in [0.717, 1.165) is 6.07 Å². The van der Waals surface area contributed by atoms with Crippen LogP contribution in [0.1, 0.15) is 10.4 Å². The molecule has 1 aromatic heterocycles. The summed E-state index contributed by atoms with van der Waals surface area (Å²) in [5.41, 5.74) is -0.402. The van der Waals surface area contributed by atoms with E-state index in [4.69, 9.17) is 9.84 Å². The molecule has 0 saturated heterocycles. The van der Waals surface area contributed by atoms with Crippen molar-refractivity contribution in [3.63, 3.8) is 0 Å². The van der Waals surface area contributed by atoms with Crippen LogP contribution in [0.25, 0.3) is 0 Å². The lowest BCUT2D eigenvalue weighted by Gasteiger charge is -2.07. The van der Waals surface area contributed by atoms with Crippen molar-refractivity contribution in [3.05, 3.63) is 51.0 Å². The van der Waals surface area contributed by atoms with Crippen molar-refractivity contribution in [2.75, 3.05) is 0 Å². The number of hydrogen-bond donors (Lipinski definition) is 2. The molecular formula is C11H7BrN2O4. The summed E-state index contributed by atoms with van der Waals surface area (Å²) in [4.78, 5) is 28.2. The molecule has 0 aliphatic carbocycles. The molecule has 0 radical (unpaired) electrons. The Kier molecular flexibility index (Phi) is 3.42. The maximum atomic E-state index is 11.1. The number of carboxylic acid groups (broad SMARTS) is 1. The number of aromatic amines is 1.